The lowest BCUT2D eigenvalue weighted by Gasteiger charge is -2.09. The summed E-state index contributed by atoms with van der Waals surface area (Å²) in [5, 5.41) is 0. The second-order valence-electron chi connectivity index (χ2n) is 5.44. The maximum Gasteiger partial charge on any atom is 0.338 e. The molecule has 0 bridgehead atoms. The summed E-state index contributed by atoms with van der Waals surface area (Å²) in [7, 11) is 1.51. The van der Waals surface area contributed by atoms with Gasteiger partial charge in [0, 0.05) is 12.0 Å². The maximum atomic E-state index is 12.3. The number of hydrogen-bond donors (Lipinski definition) is 0. The number of carbonyl (C=O) groups excluding carboxylic acids is 2. The van der Waals surface area contributed by atoms with Gasteiger partial charge in [0.2, 0.25) is 0 Å². The van der Waals surface area contributed by atoms with Gasteiger partial charge in [-0.05, 0) is 36.4 Å². The molecule has 0 amide bonds. The molecule has 0 aromatic heterocycles. The van der Waals surface area contributed by atoms with Crippen molar-refractivity contribution in [2.45, 2.75) is 6.42 Å². The third-order valence-electron chi connectivity index (χ3n) is 3.71. The van der Waals surface area contributed by atoms with Crippen molar-refractivity contribution in [1.29, 1.82) is 0 Å². The van der Waals surface area contributed by atoms with Gasteiger partial charge in [0.1, 0.15) is 5.75 Å². The van der Waals surface area contributed by atoms with Crippen LogP contribution in [0.3, 0.4) is 0 Å². The van der Waals surface area contributed by atoms with Crippen molar-refractivity contribution < 1.29 is 28.5 Å². The summed E-state index contributed by atoms with van der Waals surface area (Å²) in [4.78, 5) is 24.3. The molecule has 1 aliphatic heterocycles. The molecule has 1 heterocycles. The summed E-state index contributed by atoms with van der Waals surface area (Å²) in [6.07, 6.45) is 0.788. The van der Waals surface area contributed by atoms with Crippen LogP contribution in [0, 0.1) is 0 Å². The minimum atomic E-state index is -0.582. The van der Waals surface area contributed by atoms with Gasteiger partial charge < -0.3 is 18.9 Å². The first-order chi connectivity index (χ1) is 12.2. The van der Waals surface area contributed by atoms with Crippen molar-refractivity contribution in [3.8, 4) is 17.2 Å². The predicted octanol–water partition coefficient (Wildman–Crippen LogP) is 2.90. The van der Waals surface area contributed by atoms with Crippen LogP contribution in [-0.2, 0) is 4.74 Å². The lowest BCUT2D eigenvalue weighted by Crippen LogP contribution is -2.14. The molecule has 0 aliphatic carbocycles. The number of fused-ring (bicyclic) bond motifs is 1. The van der Waals surface area contributed by atoms with E-state index in [-0.39, 0.29) is 12.4 Å². The lowest BCUT2D eigenvalue weighted by atomic mass is 10.1. The third-order valence-corrected chi connectivity index (χ3v) is 3.71. The molecule has 25 heavy (non-hydrogen) atoms. The van der Waals surface area contributed by atoms with E-state index < -0.39 is 5.97 Å². The molecule has 0 atom stereocenters. The largest absolute Gasteiger partial charge is 0.497 e. The van der Waals surface area contributed by atoms with E-state index in [0.717, 1.165) is 6.42 Å². The van der Waals surface area contributed by atoms with Crippen molar-refractivity contribution in [2.75, 3.05) is 26.9 Å². The monoisotopic (exact) mass is 342 g/mol. The Labute approximate surface area is 145 Å². The molecular formula is C19H18O6. The van der Waals surface area contributed by atoms with Gasteiger partial charge >= 0.3 is 5.97 Å². The zero-order chi connectivity index (χ0) is 17.6. The molecule has 0 N–H and O–H groups in total. The molecule has 2 aromatic carbocycles. The molecule has 0 spiro atoms. The smallest absolute Gasteiger partial charge is 0.338 e. The highest BCUT2D eigenvalue weighted by atomic mass is 16.5. The van der Waals surface area contributed by atoms with E-state index in [0.29, 0.717) is 41.6 Å². The van der Waals surface area contributed by atoms with E-state index in [1.54, 1.807) is 42.5 Å². The van der Waals surface area contributed by atoms with Crippen LogP contribution in [0.2, 0.25) is 0 Å². The highest BCUT2D eigenvalue weighted by Gasteiger charge is 2.16. The van der Waals surface area contributed by atoms with Crippen LogP contribution < -0.4 is 14.2 Å². The number of ketones is 1. The van der Waals surface area contributed by atoms with Crippen LogP contribution in [0.25, 0.3) is 0 Å². The summed E-state index contributed by atoms with van der Waals surface area (Å²) in [6, 6.07) is 11.5. The van der Waals surface area contributed by atoms with Crippen LogP contribution in [0.1, 0.15) is 27.1 Å². The van der Waals surface area contributed by atoms with Gasteiger partial charge in [-0.1, -0.05) is 6.07 Å². The van der Waals surface area contributed by atoms with E-state index >= 15 is 0 Å². The normalized spacial score (nSPS) is 12.8. The van der Waals surface area contributed by atoms with Crippen LogP contribution in [0.4, 0.5) is 0 Å². The summed E-state index contributed by atoms with van der Waals surface area (Å²) in [5.41, 5.74) is 0.730. The Morgan fingerprint density at radius 1 is 1.00 bits per heavy atom. The average molecular weight is 342 g/mol. The van der Waals surface area contributed by atoms with Crippen LogP contribution in [0.15, 0.2) is 42.5 Å². The molecule has 130 valence electrons. The van der Waals surface area contributed by atoms with Gasteiger partial charge in [-0.2, -0.15) is 0 Å². The number of esters is 1. The van der Waals surface area contributed by atoms with Crippen molar-refractivity contribution in [2.24, 2.45) is 0 Å². The van der Waals surface area contributed by atoms with Gasteiger partial charge in [-0.3, -0.25) is 4.79 Å². The zero-order valence-corrected chi connectivity index (χ0v) is 13.8. The second kappa shape index (κ2) is 7.70. The molecule has 1 aliphatic rings. The van der Waals surface area contributed by atoms with E-state index in [4.69, 9.17) is 18.9 Å². The summed E-state index contributed by atoms with van der Waals surface area (Å²) < 4.78 is 21.2. The molecule has 6 heteroatoms. The number of ether oxygens (including phenoxy) is 4. The van der Waals surface area contributed by atoms with E-state index in [9.17, 15) is 9.59 Å². The molecular weight excluding hydrogens is 324 g/mol. The van der Waals surface area contributed by atoms with Crippen molar-refractivity contribution in [3.63, 3.8) is 0 Å². The molecule has 2 aromatic rings. The summed E-state index contributed by atoms with van der Waals surface area (Å²) in [5.74, 6) is 0.794. The van der Waals surface area contributed by atoms with Crippen molar-refractivity contribution in [3.05, 3.63) is 53.6 Å². The fourth-order valence-corrected chi connectivity index (χ4v) is 2.38. The van der Waals surface area contributed by atoms with Crippen LogP contribution in [0.5, 0.6) is 17.2 Å². The van der Waals surface area contributed by atoms with Crippen molar-refractivity contribution in [1.82, 2.24) is 0 Å². The molecule has 0 saturated carbocycles. The quantitative estimate of drug-likeness (QED) is 0.615. The molecule has 6 nitrogen and oxygen atoms in total. The third kappa shape index (κ3) is 4.09. The second-order valence-corrected chi connectivity index (χ2v) is 5.44. The molecule has 0 fully saturated rings. The highest BCUT2D eigenvalue weighted by Crippen LogP contribution is 2.30. The summed E-state index contributed by atoms with van der Waals surface area (Å²) in [6.45, 7) is 0.767. The van der Waals surface area contributed by atoms with Crippen LogP contribution >= 0.6 is 0 Å². The van der Waals surface area contributed by atoms with Gasteiger partial charge in [-0.25, -0.2) is 4.79 Å². The Morgan fingerprint density at radius 2 is 1.80 bits per heavy atom. The van der Waals surface area contributed by atoms with Gasteiger partial charge in [0.05, 0.1) is 25.9 Å². The number of rotatable bonds is 5. The Morgan fingerprint density at radius 3 is 2.60 bits per heavy atom. The number of hydrogen-bond acceptors (Lipinski definition) is 6. The molecule has 3 rings (SSSR count). The first-order valence-electron chi connectivity index (χ1n) is 7.91. The lowest BCUT2D eigenvalue weighted by molar-refractivity contribution is 0.0474. The fraction of sp³-hybridized carbons (Fsp3) is 0.263. The topological polar surface area (TPSA) is 71.1 Å². The van der Waals surface area contributed by atoms with Gasteiger partial charge in [0.15, 0.2) is 23.9 Å². The Hall–Kier alpha value is -3.02. The van der Waals surface area contributed by atoms with Crippen molar-refractivity contribution >= 4 is 11.8 Å². The van der Waals surface area contributed by atoms with Gasteiger partial charge in [0.25, 0.3) is 0 Å². The number of Topliss-reactive ketones (excluding diaryl/α,β-unsaturated/α-hetero) is 1. The average Bonchev–Trinajstić information content (AvgIpc) is 2.90. The standard InChI is InChI=1S/C19H18O6/c1-22-15-5-2-4-14(10-15)19(21)25-12-16(20)13-6-7-17-18(11-13)24-9-3-8-23-17/h2,4-7,10-11H,3,8-9,12H2,1H3. The first-order valence-corrected chi connectivity index (χ1v) is 7.91. The van der Waals surface area contributed by atoms with E-state index in [1.165, 1.54) is 7.11 Å². The number of carbonyl (C=O) groups is 2. The van der Waals surface area contributed by atoms with E-state index in [1.807, 2.05) is 0 Å². The van der Waals surface area contributed by atoms with Gasteiger partial charge in [-0.15, -0.1) is 0 Å². The fourth-order valence-electron chi connectivity index (χ4n) is 2.38. The highest BCUT2D eigenvalue weighted by molar-refractivity contribution is 5.99. The SMILES string of the molecule is COc1cccc(C(=O)OCC(=O)c2ccc3c(c2)OCCCO3)c1. The first kappa shape index (κ1) is 16.8. The number of methoxy groups -OCH3 is 1. The Bertz CT molecular complexity index is 783. The minimum Gasteiger partial charge on any atom is -0.497 e. The Balaban J connectivity index is 1.64. The molecule has 0 unspecified atom stereocenters. The predicted molar refractivity (Wildman–Crippen MR) is 89.7 cm³/mol. The van der Waals surface area contributed by atoms with E-state index in [2.05, 4.69) is 0 Å². The number of benzene rings is 2. The molecule has 0 saturated heterocycles. The maximum absolute atomic E-state index is 12.3. The Kier molecular flexibility index (Phi) is 5.18. The minimum absolute atomic E-state index is 0.313. The summed E-state index contributed by atoms with van der Waals surface area (Å²) >= 11 is 0. The van der Waals surface area contributed by atoms with Crippen LogP contribution in [-0.4, -0.2) is 38.7 Å². The zero-order valence-electron chi connectivity index (χ0n) is 13.8. The molecule has 0 radical (unpaired) electrons.